The van der Waals surface area contributed by atoms with Crippen LogP contribution >= 0.6 is 0 Å². The molecular weight excluding hydrogens is 748 g/mol. The van der Waals surface area contributed by atoms with Crippen molar-refractivity contribution in [1.29, 1.82) is 0 Å². The van der Waals surface area contributed by atoms with Crippen molar-refractivity contribution in [3.05, 3.63) is 58.7 Å². The molecule has 0 unspecified atom stereocenters. The summed E-state index contributed by atoms with van der Waals surface area (Å²) in [6.07, 6.45) is 1.92. The first-order chi connectivity index (χ1) is 26.7. The maximum atomic E-state index is 11.8. The summed E-state index contributed by atoms with van der Waals surface area (Å²) in [6, 6.07) is 6.73. The van der Waals surface area contributed by atoms with Crippen LogP contribution in [0.1, 0.15) is 119 Å². The Bertz CT molecular complexity index is 1750. The second-order valence-electron chi connectivity index (χ2n) is 13.7. The molecule has 18 heteroatoms. The highest BCUT2D eigenvalue weighted by Gasteiger charge is 2.22. The highest BCUT2D eigenvalue weighted by Crippen LogP contribution is 2.21. The summed E-state index contributed by atoms with van der Waals surface area (Å²) < 4.78 is 25.6. The smallest absolute Gasteiger partial charge is 0.338 e. The average Bonchev–Trinajstić information content (AvgIpc) is 3.12. The predicted octanol–water partition coefficient (Wildman–Crippen LogP) is 3.08. The van der Waals surface area contributed by atoms with Gasteiger partial charge in [0, 0.05) is 26.0 Å². The molecule has 0 saturated carbocycles. The van der Waals surface area contributed by atoms with Crippen LogP contribution in [0.3, 0.4) is 0 Å². The molecule has 0 aromatic heterocycles. The molecule has 8 N–H and O–H groups in total. The number of aldehydes is 1. The maximum Gasteiger partial charge on any atom is 0.338 e. The highest BCUT2D eigenvalue weighted by atomic mass is 16.6. The molecule has 0 aliphatic heterocycles. The largest absolute Gasteiger partial charge is 0.507 e. The zero-order chi connectivity index (χ0) is 45.4. The summed E-state index contributed by atoms with van der Waals surface area (Å²) in [5.41, 5.74) is 14.7. The van der Waals surface area contributed by atoms with E-state index in [-0.39, 0.29) is 78.1 Å². The highest BCUT2D eigenvalue weighted by molar-refractivity contribution is 6.02. The molecule has 316 valence electrons. The van der Waals surface area contributed by atoms with Crippen molar-refractivity contribution in [2.75, 3.05) is 14.2 Å². The number of amides is 2. The van der Waals surface area contributed by atoms with Gasteiger partial charge in [0.1, 0.15) is 34.5 Å². The average molecular weight is 806 g/mol. The first-order valence-corrected chi connectivity index (χ1v) is 17.1. The van der Waals surface area contributed by atoms with Gasteiger partial charge in [-0.3, -0.25) is 29.0 Å². The molecule has 2 aromatic rings. The zero-order valence-corrected chi connectivity index (χ0v) is 33.8. The third kappa shape index (κ3) is 24.1. The number of phenols is 2. The fourth-order valence-corrected chi connectivity index (χ4v) is 3.85. The first-order valence-electron chi connectivity index (χ1n) is 17.8. The van der Waals surface area contributed by atoms with E-state index in [9.17, 15) is 48.6 Å². The van der Waals surface area contributed by atoms with E-state index >= 15 is 0 Å². The second-order valence-corrected chi connectivity index (χ2v) is 13.7. The van der Waals surface area contributed by atoms with Crippen molar-refractivity contribution in [2.45, 2.75) is 104 Å². The number of Topliss-reactive ketones (excluding diaryl/α,β-unsaturated/α-hetero) is 1. The minimum atomic E-state index is -1.01. The molecule has 2 aromatic carbocycles. The number of hydrogen-bond donors (Lipinski definition) is 5. The molecule has 0 heterocycles. The van der Waals surface area contributed by atoms with Crippen LogP contribution in [0.2, 0.25) is 0 Å². The van der Waals surface area contributed by atoms with Gasteiger partial charge in [0.05, 0.1) is 37.0 Å². The zero-order valence-electron chi connectivity index (χ0n) is 34.8. The number of primary amides is 2. The first kappa shape index (κ1) is 50.8. The molecule has 0 spiro atoms. The third-order valence-electron chi connectivity index (χ3n) is 6.29. The number of benzene rings is 2. The summed E-state index contributed by atoms with van der Waals surface area (Å²) in [7, 11) is 2.42. The van der Waals surface area contributed by atoms with Gasteiger partial charge in [0.2, 0.25) is 11.8 Å². The Morgan fingerprint density at radius 3 is 1.51 bits per heavy atom. The molecule has 0 aliphatic carbocycles. The van der Waals surface area contributed by atoms with Gasteiger partial charge in [0.15, 0.2) is 6.29 Å². The quantitative estimate of drug-likeness (QED) is 0.0841. The molecular formula is C39H56N4O14. The minimum absolute atomic E-state index is 0.0436. The number of carbonyl (C=O) groups is 8. The molecule has 57 heavy (non-hydrogen) atoms. The molecule has 0 aliphatic rings. The van der Waals surface area contributed by atoms with Crippen molar-refractivity contribution in [3.8, 4) is 11.5 Å². The molecule has 2 rings (SSSR count). The van der Waals surface area contributed by atoms with Gasteiger partial charge in [-0.05, 0) is 92.5 Å². The van der Waals surface area contributed by atoms with Gasteiger partial charge in [-0.25, -0.2) is 9.59 Å². The second kappa shape index (κ2) is 25.8. The minimum Gasteiger partial charge on any atom is -0.507 e. The Balaban J connectivity index is 0. The number of carbonyl (C=O) groups excluding carboxylic acids is 8. The number of esters is 4. The number of methoxy groups -OCH3 is 2. The van der Waals surface area contributed by atoms with E-state index in [4.69, 9.17) is 28.0 Å². The van der Waals surface area contributed by atoms with Crippen LogP contribution in [0.5, 0.6) is 11.5 Å². The SMILES string of the molecule is CC(C)(C)OC(=O)CC[C@H](N)C(N)=O.COC(=O)c1cccc(O)c1C=N[C@@H](CCC(=O)OC(C)(C)C)C(N)=O.COC(=O)c1cccc(O)c1C=O.[2H]CC(C)=O. The van der Waals surface area contributed by atoms with E-state index < -0.39 is 53.0 Å². The van der Waals surface area contributed by atoms with Crippen LogP contribution in [-0.4, -0.2) is 102 Å². The molecule has 0 bridgehead atoms. The van der Waals surface area contributed by atoms with Crippen LogP contribution in [-0.2, 0) is 42.9 Å². The molecule has 18 nitrogen and oxygen atoms in total. The monoisotopic (exact) mass is 805 g/mol. The Kier molecular flexibility index (Phi) is 23.0. The molecule has 2 amide bonds. The Morgan fingerprint density at radius 1 is 0.754 bits per heavy atom. The lowest BCUT2D eigenvalue weighted by molar-refractivity contribution is -0.156. The normalized spacial score (nSPS) is 11.9. The van der Waals surface area contributed by atoms with Gasteiger partial charge in [0.25, 0.3) is 0 Å². The van der Waals surface area contributed by atoms with Crippen LogP contribution in [0.4, 0.5) is 0 Å². The summed E-state index contributed by atoms with van der Waals surface area (Å²) >= 11 is 0. The maximum absolute atomic E-state index is 11.8. The predicted molar refractivity (Wildman–Crippen MR) is 209 cm³/mol. The molecule has 0 saturated heterocycles. The van der Waals surface area contributed by atoms with Crippen molar-refractivity contribution >= 4 is 54.0 Å². The Labute approximate surface area is 333 Å². The summed E-state index contributed by atoms with van der Waals surface area (Å²) in [5, 5.41) is 19.1. The number of aromatic hydroxyl groups is 2. The van der Waals surface area contributed by atoms with E-state index in [2.05, 4.69) is 14.5 Å². The van der Waals surface area contributed by atoms with Gasteiger partial charge < -0.3 is 51.2 Å². The van der Waals surface area contributed by atoms with Gasteiger partial charge in [-0.15, -0.1) is 0 Å². The van der Waals surface area contributed by atoms with E-state index in [1.54, 1.807) is 41.5 Å². The lowest BCUT2D eigenvalue weighted by Crippen LogP contribution is -2.37. The van der Waals surface area contributed by atoms with Gasteiger partial charge in [-0.1, -0.05) is 12.1 Å². The van der Waals surface area contributed by atoms with Crippen molar-refractivity contribution in [1.82, 2.24) is 0 Å². The third-order valence-corrected chi connectivity index (χ3v) is 6.29. The van der Waals surface area contributed by atoms with Crippen LogP contribution < -0.4 is 17.2 Å². The van der Waals surface area contributed by atoms with E-state index in [0.29, 0.717) is 6.29 Å². The van der Waals surface area contributed by atoms with Crippen molar-refractivity contribution < 1.29 is 68.9 Å². The number of hydrogen-bond acceptors (Lipinski definition) is 16. The lowest BCUT2D eigenvalue weighted by atomic mass is 10.1. The number of ketones is 1. The Hall–Kier alpha value is -6.17. The fourth-order valence-electron chi connectivity index (χ4n) is 3.85. The molecule has 0 fully saturated rings. The van der Waals surface area contributed by atoms with Crippen molar-refractivity contribution in [3.63, 3.8) is 0 Å². The summed E-state index contributed by atoms with van der Waals surface area (Å²) in [6.45, 7) is 11.9. The summed E-state index contributed by atoms with van der Waals surface area (Å²) in [5.74, 6) is -3.99. The summed E-state index contributed by atoms with van der Waals surface area (Å²) in [4.78, 5) is 92.0. The fraction of sp³-hybridized carbons (Fsp3) is 0.462. The van der Waals surface area contributed by atoms with Crippen LogP contribution in [0, 0.1) is 0 Å². The molecule has 0 radical (unpaired) electrons. The number of aliphatic imine (C=N–C) groups is 1. The number of nitrogens with zero attached hydrogens (tertiary/aromatic N) is 1. The van der Waals surface area contributed by atoms with E-state index in [1.165, 1.54) is 63.8 Å². The topological polar surface area (TPSA) is 304 Å². The van der Waals surface area contributed by atoms with Gasteiger partial charge in [-0.2, -0.15) is 0 Å². The number of ether oxygens (including phenoxy) is 4. The standard InChI is InChI=1S/C18H24N2O6.C9H18N2O3.C9H8O4.C3H6O/c1-18(2,3)26-15(22)9-8-13(16(19)23)20-10-12-11(17(24)25-4)6-5-7-14(12)21;1-9(2,3)14-7(12)5-4-6(10)8(11)13;1-13-9(12)6-3-2-4-8(11)7(6)5-10;1-3(2)4/h5-7,10,13,21H,8-9H2,1-4H3,(H2,19,23);6H,4-5,10H2,1-3H3,(H2,11,13);2-5,11H,1H3;1-2H3/t13-;6-;;/m00../s1/i;;;1D. The lowest BCUT2D eigenvalue weighted by Gasteiger charge is -2.19. The van der Waals surface area contributed by atoms with Gasteiger partial charge >= 0.3 is 23.9 Å². The molecule has 2 atom stereocenters. The number of phenolic OH excluding ortho intramolecular Hbond substituents is 2. The van der Waals surface area contributed by atoms with E-state index in [1.807, 2.05) is 0 Å². The number of nitrogens with two attached hydrogens (primary N) is 3. The van der Waals surface area contributed by atoms with Crippen LogP contribution in [0.25, 0.3) is 0 Å². The van der Waals surface area contributed by atoms with Crippen LogP contribution in [0.15, 0.2) is 41.4 Å². The number of rotatable bonds is 13. The van der Waals surface area contributed by atoms with E-state index in [0.717, 1.165) is 0 Å². The Morgan fingerprint density at radius 2 is 1.16 bits per heavy atom. The van der Waals surface area contributed by atoms with Crippen molar-refractivity contribution in [2.24, 2.45) is 22.2 Å².